The summed E-state index contributed by atoms with van der Waals surface area (Å²) in [6.45, 7) is 0. The second kappa shape index (κ2) is 11.4. The predicted octanol–water partition coefficient (Wildman–Crippen LogP) is -0.0695. The van der Waals surface area contributed by atoms with Crippen molar-refractivity contribution in [1.29, 1.82) is 0 Å². The molecule has 6 N–H and O–H groups in total. The monoisotopic (exact) mass is 327 g/mol. The Balaban J connectivity index is -0.000000256. The molecule has 0 amide bonds. The summed E-state index contributed by atoms with van der Waals surface area (Å²) >= 11 is 0. The van der Waals surface area contributed by atoms with Crippen LogP contribution in [0.3, 0.4) is 0 Å². The maximum absolute atomic E-state index is 9.78. The van der Waals surface area contributed by atoms with E-state index in [0.717, 1.165) is 0 Å². The number of nitrogens with one attached hydrogen (secondary N) is 2. The molecule has 0 saturated heterocycles. The molecule has 0 aliphatic heterocycles. The van der Waals surface area contributed by atoms with Crippen molar-refractivity contribution in [3.63, 3.8) is 0 Å². The molecule has 1 radical (unpaired) electrons. The van der Waals surface area contributed by atoms with Gasteiger partial charge in [-0.2, -0.15) is 0 Å². The van der Waals surface area contributed by atoms with Crippen LogP contribution in [0.1, 0.15) is 12.8 Å². The van der Waals surface area contributed by atoms with Gasteiger partial charge in [0.2, 0.25) is 0 Å². The zero-order valence-electron chi connectivity index (χ0n) is 9.29. The number of hydrogen-bond acceptors (Lipinski definition) is 4. The molecule has 0 aromatic rings. The average Bonchev–Trinajstić information content (AvgIpc) is 2.16. The molecule has 0 spiro atoms. The minimum atomic E-state index is -1.54. The molecule has 19 heavy (non-hydrogen) atoms. The average molecular weight is 328 g/mol. The first-order chi connectivity index (χ1) is 8.07. The number of carbonyl (C=O) groups is 4. The molecule has 0 bridgehead atoms. The van der Waals surface area contributed by atoms with Gasteiger partial charge in [0, 0.05) is 29.9 Å². The second-order valence-corrected chi connectivity index (χ2v) is 2.98. The Hall–Kier alpha value is -1.68. The van der Waals surface area contributed by atoms with Crippen molar-refractivity contribution in [3.05, 3.63) is 11.5 Å². The molecule has 0 saturated carbocycles. The molecular formula is C8H12CuN2O8-2. The van der Waals surface area contributed by atoms with E-state index in [4.69, 9.17) is 31.9 Å². The Labute approximate surface area is 117 Å². The third-order valence-corrected chi connectivity index (χ3v) is 1.35. The summed E-state index contributed by atoms with van der Waals surface area (Å²) in [5, 5.41) is 31.9. The van der Waals surface area contributed by atoms with E-state index >= 15 is 0 Å². The van der Waals surface area contributed by atoms with Crippen molar-refractivity contribution < 1.29 is 56.7 Å². The second-order valence-electron chi connectivity index (χ2n) is 2.98. The van der Waals surface area contributed by atoms with Crippen LogP contribution in [0, 0.1) is 0 Å². The Morgan fingerprint density at radius 3 is 1.00 bits per heavy atom. The summed E-state index contributed by atoms with van der Waals surface area (Å²) in [5.74, 6) is -5.34. The Morgan fingerprint density at radius 1 is 0.737 bits per heavy atom. The number of aliphatic carboxylic acids is 4. The van der Waals surface area contributed by atoms with Gasteiger partial charge in [-0.3, -0.25) is 19.2 Å². The fourth-order valence-corrected chi connectivity index (χ4v) is 0.524. The summed E-state index contributed by atoms with van der Waals surface area (Å²) < 4.78 is 0. The zero-order valence-corrected chi connectivity index (χ0v) is 10.2. The third-order valence-electron chi connectivity index (χ3n) is 1.35. The molecular weight excluding hydrogens is 316 g/mol. The van der Waals surface area contributed by atoms with Crippen molar-refractivity contribution in [3.8, 4) is 0 Å². The SMILES string of the molecule is [Cu].[NH-]C(CC(=O)O)C(=O)O.[NH-]C(CC(=O)O)C(=O)O. The molecule has 0 aromatic heterocycles. The summed E-state index contributed by atoms with van der Waals surface area (Å²) in [5.41, 5.74) is 13.2. The summed E-state index contributed by atoms with van der Waals surface area (Å²) in [6, 6.07) is -3.08. The van der Waals surface area contributed by atoms with Gasteiger partial charge in [0.25, 0.3) is 11.9 Å². The minimum Gasteiger partial charge on any atom is -0.665 e. The van der Waals surface area contributed by atoms with Crippen molar-refractivity contribution in [2.24, 2.45) is 0 Å². The van der Waals surface area contributed by atoms with E-state index in [0.29, 0.717) is 0 Å². The van der Waals surface area contributed by atoms with Gasteiger partial charge in [-0.05, 0) is 12.1 Å². The van der Waals surface area contributed by atoms with Gasteiger partial charge in [0.05, 0.1) is 0 Å². The normalized spacial score (nSPS) is 11.9. The molecule has 10 nitrogen and oxygen atoms in total. The molecule has 2 atom stereocenters. The van der Waals surface area contributed by atoms with Crippen LogP contribution >= 0.6 is 0 Å². The van der Waals surface area contributed by atoms with E-state index in [1.165, 1.54) is 0 Å². The first-order valence-corrected chi connectivity index (χ1v) is 4.39. The van der Waals surface area contributed by atoms with Crippen LogP contribution in [0.25, 0.3) is 11.5 Å². The zero-order chi connectivity index (χ0) is 14.9. The first-order valence-electron chi connectivity index (χ1n) is 4.39. The quantitative estimate of drug-likeness (QED) is 0.486. The smallest absolute Gasteiger partial charge is 0.302 e. The third kappa shape index (κ3) is 16.3. The van der Waals surface area contributed by atoms with Crippen LogP contribution in [0.5, 0.6) is 0 Å². The fourth-order valence-electron chi connectivity index (χ4n) is 0.524. The molecule has 115 valence electrons. The molecule has 0 aliphatic rings. The Morgan fingerprint density at radius 2 is 0.947 bits per heavy atom. The van der Waals surface area contributed by atoms with Gasteiger partial charge in [0.15, 0.2) is 0 Å². The Bertz CT molecular complexity index is 303. The van der Waals surface area contributed by atoms with Crippen LogP contribution in [-0.4, -0.2) is 56.4 Å². The summed E-state index contributed by atoms with van der Waals surface area (Å²) in [6.07, 6.45) is -1.29. The molecule has 0 rings (SSSR count). The van der Waals surface area contributed by atoms with Crippen molar-refractivity contribution >= 4 is 23.9 Å². The van der Waals surface area contributed by atoms with E-state index in [1.54, 1.807) is 0 Å². The number of hydrogen-bond donors (Lipinski definition) is 4. The van der Waals surface area contributed by atoms with Crippen LogP contribution in [0.15, 0.2) is 0 Å². The topological polar surface area (TPSA) is 197 Å². The van der Waals surface area contributed by atoms with Crippen LogP contribution in [-0.2, 0) is 36.2 Å². The van der Waals surface area contributed by atoms with Crippen molar-refractivity contribution in [2.75, 3.05) is 0 Å². The molecule has 0 fully saturated rings. The van der Waals surface area contributed by atoms with E-state index in [2.05, 4.69) is 0 Å². The van der Waals surface area contributed by atoms with Gasteiger partial charge in [-0.15, -0.1) is 0 Å². The minimum absolute atomic E-state index is 0. The number of rotatable bonds is 6. The fraction of sp³-hybridized carbons (Fsp3) is 0.500. The maximum Gasteiger partial charge on any atom is 0.302 e. The van der Waals surface area contributed by atoms with Crippen LogP contribution in [0.4, 0.5) is 0 Å². The van der Waals surface area contributed by atoms with Crippen molar-refractivity contribution in [1.82, 2.24) is 0 Å². The van der Waals surface area contributed by atoms with Crippen LogP contribution < -0.4 is 0 Å². The van der Waals surface area contributed by atoms with E-state index in [1.807, 2.05) is 0 Å². The number of carboxylic acids is 4. The van der Waals surface area contributed by atoms with Crippen LogP contribution in [0.2, 0.25) is 0 Å². The predicted molar refractivity (Wildman–Crippen MR) is 56.0 cm³/mol. The van der Waals surface area contributed by atoms with Gasteiger partial charge in [-0.25, -0.2) is 0 Å². The largest absolute Gasteiger partial charge is 0.665 e. The van der Waals surface area contributed by atoms with E-state index < -0.39 is 48.8 Å². The van der Waals surface area contributed by atoms with Crippen molar-refractivity contribution in [2.45, 2.75) is 24.9 Å². The number of carboxylic acid groups (broad SMARTS) is 4. The van der Waals surface area contributed by atoms with Gasteiger partial charge < -0.3 is 31.9 Å². The van der Waals surface area contributed by atoms with Gasteiger partial charge in [0.1, 0.15) is 0 Å². The summed E-state index contributed by atoms with van der Waals surface area (Å²) in [4.78, 5) is 39.0. The van der Waals surface area contributed by atoms with E-state index in [-0.39, 0.29) is 17.1 Å². The molecule has 0 heterocycles. The summed E-state index contributed by atoms with van der Waals surface area (Å²) in [7, 11) is 0. The first kappa shape index (κ1) is 22.5. The van der Waals surface area contributed by atoms with Gasteiger partial charge in [-0.1, -0.05) is 0 Å². The molecule has 0 aromatic carbocycles. The standard InChI is InChI=1S/2C4H6NO4.Cu/c2*5-2(4(8)9)1-3(6)7;/h2*2,5H,1H2,(H,6,7)(H,8,9);/q2*-1;. The maximum atomic E-state index is 9.78. The molecule has 11 heteroatoms. The van der Waals surface area contributed by atoms with Gasteiger partial charge >= 0.3 is 11.9 Å². The Kier molecular flexibility index (Phi) is 13.5. The molecule has 0 aliphatic carbocycles. The molecule has 2 unspecified atom stereocenters. The van der Waals surface area contributed by atoms with E-state index in [9.17, 15) is 19.2 Å².